The van der Waals surface area contributed by atoms with Gasteiger partial charge in [0.05, 0.1) is 18.6 Å². The molecule has 23 heavy (non-hydrogen) atoms. The molecule has 3 heteroatoms. The third-order valence-electron chi connectivity index (χ3n) is 5.34. The summed E-state index contributed by atoms with van der Waals surface area (Å²) in [5, 5.41) is 0. The van der Waals surface area contributed by atoms with Gasteiger partial charge in [0.15, 0.2) is 5.79 Å². The van der Waals surface area contributed by atoms with Crippen LogP contribution in [-0.4, -0.2) is 25.3 Å². The van der Waals surface area contributed by atoms with Crippen LogP contribution in [0.4, 0.5) is 0 Å². The second kappa shape index (κ2) is 6.21. The Morgan fingerprint density at radius 3 is 2.52 bits per heavy atom. The van der Waals surface area contributed by atoms with Crippen molar-refractivity contribution in [3.05, 3.63) is 41.0 Å². The van der Waals surface area contributed by atoms with E-state index in [1.807, 2.05) is 13.8 Å². The first-order valence-corrected chi connectivity index (χ1v) is 8.75. The number of aryl methyl sites for hydroxylation is 1. The second-order valence-corrected chi connectivity index (χ2v) is 6.44. The SMILES string of the molecule is CC.Cc1cccc2c1CCC1(C=O)CCC3(C=C21)OCCO3. The first-order chi connectivity index (χ1) is 11.2. The highest BCUT2D eigenvalue weighted by molar-refractivity contribution is 5.89. The Morgan fingerprint density at radius 2 is 1.83 bits per heavy atom. The number of hydrogen-bond acceptors (Lipinski definition) is 3. The van der Waals surface area contributed by atoms with Gasteiger partial charge in [0.2, 0.25) is 0 Å². The molecular formula is C20H26O3. The fourth-order valence-corrected chi connectivity index (χ4v) is 4.09. The number of hydrogen-bond donors (Lipinski definition) is 0. The number of carbonyl (C=O) groups excluding carboxylic acids is 1. The minimum atomic E-state index is -0.597. The molecule has 0 bridgehead atoms. The Kier molecular flexibility index (Phi) is 4.43. The van der Waals surface area contributed by atoms with Crippen LogP contribution in [0.25, 0.3) is 5.57 Å². The second-order valence-electron chi connectivity index (χ2n) is 6.44. The Balaban J connectivity index is 0.000000753. The first-order valence-electron chi connectivity index (χ1n) is 8.75. The van der Waals surface area contributed by atoms with E-state index >= 15 is 0 Å². The summed E-state index contributed by atoms with van der Waals surface area (Å²) in [6.07, 6.45) is 6.72. The van der Waals surface area contributed by atoms with E-state index in [1.165, 1.54) is 16.7 Å². The van der Waals surface area contributed by atoms with Crippen molar-refractivity contribution in [1.82, 2.24) is 0 Å². The monoisotopic (exact) mass is 314 g/mol. The van der Waals surface area contributed by atoms with Crippen molar-refractivity contribution in [2.75, 3.05) is 13.2 Å². The lowest BCUT2D eigenvalue weighted by Gasteiger charge is -2.43. The number of carbonyl (C=O) groups is 1. The molecule has 0 radical (unpaired) electrons. The highest BCUT2D eigenvalue weighted by Crippen LogP contribution is 2.53. The summed E-state index contributed by atoms with van der Waals surface area (Å²) in [4.78, 5) is 11.9. The molecule has 1 unspecified atom stereocenters. The topological polar surface area (TPSA) is 35.5 Å². The van der Waals surface area contributed by atoms with Gasteiger partial charge in [-0.2, -0.15) is 0 Å². The molecule has 4 rings (SSSR count). The molecule has 1 heterocycles. The van der Waals surface area contributed by atoms with E-state index in [0.717, 1.165) is 37.5 Å². The van der Waals surface area contributed by atoms with Crippen LogP contribution >= 0.6 is 0 Å². The fourth-order valence-electron chi connectivity index (χ4n) is 4.09. The molecule has 124 valence electrons. The summed E-state index contributed by atoms with van der Waals surface area (Å²) >= 11 is 0. The molecule has 0 amide bonds. The molecule has 0 aromatic heterocycles. The summed E-state index contributed by atoms with van der Waals surface area (Å²) in [6.45, 7) is 7.42. The fraction of sp³-hybridized carbons (Fsp3) is 0.550. The number of fused-ring (bicyclic) bond motifs is 3. The van der Waals surface area contributed by atoms with Gasteiger partial charge in [-0.05, 0) is 54.5 Å². The lowest BCUT2D eigenvalue weighted by molar-refractivity contribution is -0.134. The van der Waals surface area contributed by atoms with Crippen LogP contribution in [0.5, 0.6) is 0 Å². The molecule has 0 saturated carbocycles. The van der Waals surface area contributed by atoms with Crippen LogP contribution in [0.1, 0.15) is 49.8 Å². The van der Waals surface area contributed by atoms with Gasteiger partial charge in [-0.1, -0.05) is 32.0 Å². The van der Waals surface area contributed by atoms with Crippen molar-refractivity contribution in [2.24, 2.45) is 5.41 Å². The summed E-state index contributed by atoms with van der Waals surface area (Å²) in [7, 11) is 0. The molecule has 1 saturated heterocycles. The zero-order chi connectivity index (χ0) is 16.5. The normalized spacial score (nSPS) is 27.3. The van der Waals surface area contributed by atoms with Crippen molar-refractivity contribution in [2.45, 2.75) is 52.2 Å². The van der Waals surface area contributed by atoms with Crippen LogP contribution in [0, 0.1) is 12.3 Å². The van der Waals surface area contributed by atoms with Crippen LogP contribution in [0.15, 0.2) is 24.3 Å². The van der Waals surface area contributed by atoms with Gasteiger partial charge in [0.25, 0.3) is 0 Å². The quantitative estimate of drug-likeness (QED) is 0.733. The van der Waals surface area contributed by atoms with E-state index in [9.17, 15) is 4.79 Å². The summed E-state index contributed by atoms with van der Waals surface area (Å²) in [5.41, 5.74) is 4.67. The van der Waals surface area contributed by atoms with Crippen molar-refractivity contribution < 1.29 is 14.3 Å². The van der Waals surface area contributed by atoms with E-state index in [4.69, 9.17) is 9.47 Å². The van der Waals surface area contributed by atoms with E-state index < -0.39 is 5.79 Å². The highest BCUT2D eigenvalue weighted by atomic mass is 16.7. The first kappa shape index (κ1) is 16.4. The molecule has 1 spiro atoms. The Bertz CT molecular complexity index is 626. The number of rotatable bonds is 1. The third-order valence-corrected chi connectivity index (χ3v) is 5.34. The predicted octanol–water partition coefficient (Wildman–Crippen LogP) is 4.07. The molecule has 1 aliphatic heterocycles. The molecule has 3 aliphatic rings. The van der Waals surface area contributed by atoms with Gasteiger partial charge in [0, 0.05) is 6.42 Å². The lowest BCUT2D eigenvalue weighted by Crippen LogP contribution is -2.41. The Morgan fingerprint density at radius 1 is 1.09 bits per heavy atom. The minimum Gasteiger partial charge on any atom is -0.344 e. The van der Waals surface area contributed by atoms with Crippen LogP contribution in [0.2, 0.25) is 0 Å². The third kappa shape index (κ3) is 2.56. The zero-order valence-corrected chi connectivity index (χ0v) is 14.4. The maximum Gasteiger partial charge on any atom is 0.188 e. The van der Waals surface area contributed by atoms with Gasteiger partial charge < -0.3 is 14.3 Å². The molecular weight excluding hydrogens is 288 g/mol. The Hall–Kier alpha value is -1.45. The highest BCUT2D eigenvalue weighted by Gasteiger charge is 2.48. The molecule has 1 fully saturated rings. The summed E-state index contributed by atoms with van der Waals surface area (Å²) in [5.74, 6) is -0.597. The number of aldehydes is 1. The van der Waals surface area contributed by atoms with Crippen molar-refractivity contribution in [1.29, 1.82) is 0 Å². The molecule has 1 aromatic carbocycles. The number of benzene rings is 1. The molecule has 2 aliphatic carbocycles. The average molecular weight is 314 g/mol. The minimum absolute atomic E-state index is 0.346. The van der Waals surface area contributed by atoms with Gasteiger partial charge >= 0.3 is 0 Å². The molecule has 1 aromatic rings. The summed E-state index contributed by atoms with van der Waals surface area (Å²) < 4.78 is 11.7. The van der Waals surface area contributed by atoms with Gasteiger partial charge in [0.1, 0.15) is 6.29 Å². The average Bonchev–Trinajstić information content (AvgIpc) is 3.05. The van der Waals surface area contributed by atoms with Crippen LogP contribution in [-0.2, 0) is 20.7 Å². The standard InChI is InChI=1S/C18H20O3.C2H6/c1-13-3-2-4-15-14(13)5-6-17(12-19)7-8-18(11-16(15)17)20-9-10-21-18;1-2/h2-4,11-12H,5-10H2,1H3;1-2H3. The maximum absolute atomic E-state index is 11.9. The maximum atomic E-state index is 11.9. The van der Waals surface area contributed by atoms with E-state index in [-0.39, 0.29) is 5.41 Å². The van der Waals surface area contributed by atoms with Gasteiger partial charge in [-0.15, -0.1) is 0 Å². The zero-order valence-electron chi connectivity index (χ0n) is 14.4. The number of ether oxygens (including phenoxy) is 2. The lowest BCUT2D eigenvalue weighted by atomic mass is 9.62. The molecule has 1 atom stereocenters. The largest absolute Gasteiger partial charge is 0.344 e. The van der Waals surface area contributed by atoms with Crippen LogP contribution < -0.4 is 0 Å². The Labute approximate surface area is 138 Å². The van der Waals surface area contributed by atoms with Gasteiger partial charge in [-0.3, -0.25) is 0 Å². The summed E-state index contributed by atoms with van der Waals surface area (Å²) in [6, 6.07) is 6.36. The van der Waals surface area contributed by atoms with Crippen molar-refractivity contribution in [3.63, 3.8) is 0 Å². The van der Waals surface area contributed by atoms with Crippen LogP contribution in [0.3, 0.4) is 0 Å². The van der Waals surface area contributed by atoms with E-state index in [1.54, 1.807) is 0 Å². The van der Waals surface area contributed by atoms with Crippen molar-refractivity contribution in [3.8, 4) is 0 Å². The van der Waals surface area contributed by atoms with E-state index in [0.29, 0.717) is 13.2 Å². The predicted molar refractivity (Wildman–Crippen MR) is 91.2 cm³/mol. The molecule has 3 nitrogen and oxygen atoms in total. The van der Waals surface area contributed by atoms with Crippen molar-refractivity contribution >= 4 is 11.9 Å². The van der Waals surface area contributed by atoms with Gasteiger partial charge in [-0.25, -0.2) is 0 Å². The number of allylic oxidation sites excluding steroid dienone is 1. The molecule has 0 N–H and O–H groups in total. The van der Waals surface area contributed by atoms with E-state index in [2.05, 4.69) is 31.2 Å². The smallest absolute Gasteiger partial charge is 0.188 e.